The number of aromatic nitrogens is 2. The molecule has 3 aromatic rings. The lowest BCUT2D eigenvalue weighted by Crippen LogP contribution is -2.03. The molecule has 1 aromatic heterocycles. The number of carbonyl (C=O) groups is 1. The van der Waals surface area contributed by atoms with Crippen molar-refractivity contribution in [2.24, 2.45) is 0 Å². The fraction of sp³-hybridized carbons (Fsp3) is 0.111. The first kappa shape index (κ1) is 14.8. The number of benzene rings is 2. The SMILES string of the molecule is COc1ccc(COc2cc(C=O)nn2-c2ccccc2)cc1. The second kappa shape index (κ2) is 6.79. The highest BCUT2D eigenvalue weighted by Gasteiger charge is 2.10. The Bertz CT molecular complexity index is 780. The minimum absolute atomic E-state index is 0.332. The van der Waals surface area contributed by atoms with Crippen LogP contribution in [0.4, 0.5) is 0 Å². The molecule has 1 heterocycles. The van der Waals surface area contributed by atoms with E-state index in [9.17, 15) is 4.79 Å². The number of rotatable bonds is 6. The van der Waals surface area contributed by atoms with Gasteiger partial charge in [0.2, 0.25) is 5.88 Å². The summed E-state index contributed by atoms with van der Waals surface area (Å²) in [6.07, 6.45) is 0.708. The number of aldehydes is 1. The van der Waals surface area contributed by atoms with E-state index in [1.807, 2.05) is 54.6 Å². The maximum Gasteiger partial charge on any atom is 0.217 e. The van der Waals surface area contributed by atoms with Crippen LogP contribution in [0.5, 0.6) is 11.6 Å². The number of ether oxygens (including phenoxy) is 2. The lowest BCUT2D eigenvalue weighted by Gasteiger charge is -2.09. The standard InChI is InChI=1S/C18H16N2O3/c1-22-17-9-7-14(8-10-17)13-23-18-11-15(12-21)19-20(18)16-5-3-2-4-6-16/h2-12H,13H2,1H3. The van der Waals surface area contributed by atoms with E-state index in [2.05, 4.69) is 5.10 Å². The van der Waals surface area contributed by atoms with Gasteiger partial charge in [0.25, 0.3) is 0 Å². The largest absolute Gasteiger partial charge is 0.497 e. The predicted molar refractivity (Wildman–Crippen MR) is 86.3 cm³/mol. The first-order chi connectivity index (χ1) is 11.3. The van der Waals surface area contributed by atoms with Crippen LogP contribution in [0.15, 0.2) is 60.7 Å². The Balaban J connectivity index is 1.81. The van der Waals surface area contributed by atoms with Crippen LogP contribution >= 0.6 is 0 Å². The molecule has 0 atom stereocenters. The average molecular weight is 308 g/mol. The van der Waals surface area contributed by atoms with E-state index < -0.39 is 0 Å². The van der Waals surface area contributed by atoms with E-state index in [0.29, 0.717) is 24.5 Å². The summed E-state index contributed by atoms with van der Waals surface area (Å²) in [5.74, 6) is 1.32. The number of hydrogen-bond donors (Lipinski definition) is 0. The topological polar surface area (TPSA) is 53.4 Å². The second-order valence-electron chi connectivity index (χ2n) is 4.91. The van der Waals surface area contributed by atoms with Gasteiger partial charge in [-0.15, -0.1) is 0 Å². The fourth-order valence-electron chi connectivity index (χ4n) is 2.17. The van der Waals surface area contributed by atoms with Gasteiger partial charge in [-0.05, 0) is 29.8 Å². The van der Waals surface area contributed by atoms with Crippen molar-refractivity contribution in [1.82, 2.24) is 9.78 Å². The Morgan fingerprint density at radius 1 is 1.09 bits per heavy atom. The maximum atomic E-state index is 11.0. The van der Waals surface area contributed by atoms with Crippen LogP contribution in [0.1, 0.15) is 16.1 Å². The van der Waals surface area contributed by atoms with E-state index in [1.165, 1.54) is 0 Å². The highest BCUT2D eigenvalue weighted by molar-refractivity contribution is 5.72. The summed E-state index contributed by atoms with van der Waals surface area (Å²) in [7, 11) is 1.63. The molecule has 0 aliphatic rings. The normalized spacial score (nSPS) is 10.3. The molecule has 0 N–H and O–H groups in total. The van der Waals surface area contributed by atoms with Gasteiger partial charge in [0.1, 0.15) is 18.1 Å². The molecule has 0 bridgehead atoms. The van der Waals surface area contributed by atoms with Gasteiger partial charge >= 0.3 is 0 Å². The second-order valence-corrected chi connectivity index (χ2v) is 4.91. The van der Waals surface area contributed by atoms with Gasteiger partial charge in [-0.2, -0.15) is 5.10 Å². The molecule has 0 aliphatic heterocycles. The molecular formula is C18H16N2O3. The van der Waals surface area contributed by atoms with Crippen molar-refractivity contribution in [3.05, 3.63) is 71.9 Å². The number of hydrogen-bond acceptors (Lipinski definition) is 4. The predicted octanol–water partition coefficient (Wildman–Crippen LogP) is 3.27. The monoisotopic (exact) mass is 308 g/mol. The van der Waals surface area contributed by atoms with Gasteiger partial charge in [0.15, 0.2) is 6.29 Å². The van der Waals surface area contributed by atoms with Gasteiger partial charge in [-0.3, -0.25) is 4.79 Å². The van der Waals surface area contributed by atoms with E-state index in [0.717, 1.165) is 17.0 Å². The molecule has 0 amide bonds. The van der Waals surface area contributed by atoms with Crippen molar-refractivity contribution in [3.8, 4) is 17.3 Å². The summed E-state index contributed by atoms with van der Waals surface area (Å²) >= 11 is 0. The fourth-order valence-corrected chi connectivity index (χ4v) is 2.17. The molecule has 2 aromatic carbocycles. The zero-order chi connectivity index (χ0) is 16.1. The number of methoxy groups -OCH3 is 1. The van der Waals surface area contributed by atoms with Crippen LogP contribution in [0, 0.1) is 0 Å². The third-order valence-electron chi connectivity index (χ3n) is 3.36. The van der Waals surface area contributed by atoms with Crippen molar-refractivity contribution in [2.75, 3.05) is 7.11 Å². The van der Waals surface area contributed by atoms with Crippen molar-refractivity contribution in [1.29, 1.82) is 0 Å². The first-order valence-electron chi connectivity index (χ1n) is 7.16. The number of carbonyl (C=O) groups excluding carboxylic acids is 1. The van der Waals surface area contributed by atoms with E-state index in [-0.39, 0.29) is 0 Å². The Labute approximate surface area is 134 Å². The Hall–Kier alpha value is -3.08. The van der Waals surface area contributed by atoms with Crippen LogP contribution < -0.4 is 9.47 Å². The molecule has 3 rings (SSSR count). The van der Waals surface area contributed by atoms with Crippen molar-refractivity contribution in [2.45, 2.75) is 6.61 Å². The zero-order valence-electron chi connectivity index (χ0n) is 12.7. The van der Waals surface area contributed by atoms with Gasteiger partial charge in [-0.1, -0.05) is 30.3 Å². The summed E-state index contributed by atoms with van der Waals surface area (Å²) in [6, 6.07) is 18.8. The quantitative estimate of drug-likeness (QED) is 0.656. The molecule has 0 saturated carbocycles. The Morgan fingerprint density at radius 3 is 2.48 bits per heavy atom. The molecule has 0 saturated heterocycles. The highest BCUT2D eigenvalue weighted by atomic mass is 16.5. The van der Waals surface area contributed by atoms with E-state index >= 15 is 0 Å². The molecule has 0 spiro atoms. The smallest absolute Gasteiger partial charge is 0.217 e. The molecule has 0 fully saturated rings. The highest BCUT2D eigenvalue weighted by Crippen LogP contribution is 2.20. The molecule has 116 valence electrons. The van der Waals surface area contributed by atoms with Crippen molar-refractivity contribution >= 4 is 6.29 Å². The van der Waals surface area contributed by atoms with E-state index in [1.54, 1.807) is 17.9 Å². The molecule has 5 nitrogen and oxygen atoms in total. The Kier molecular flexibility index (Phi) is 4.38. The minimum atomic E-state index is 0.332. The summed E-state index contributed by atoms with van der Waals surface area (Å²) in [5.41, 5.74) is 2.17. The summed E-state index contributed by atoms with van der Waals surface area (Å²) in [4.78, 5) is 11.0. The third kappa shape index (κ3) is 3.40. The minimum Gasteiger partial charge on any atom is -0.497 e. The summed E-state index contributed by atoms with van der Waals surface area (Å²) in [6.45, 7) is 0.376. The molecule has 0 aliphatic carbocycles. The molecular weight excluding hydrogens is 292 g/mol. The Morgan fingerprint density at radius 2 is 1.83 bits per heavy atom. The van der Waals surface area contributed by atoms with Crippen LogP contribution in [-0.2, 0) is 6.61 Å². The van der Waals surface area contributed by atoms with Gasteiger partial charge in [0.05, 0.1) is 12.8 Å². The molecule has 5 heteroatoms. The van der Waals surface area contributed by atoms with E-state index in [4.69, 9.17) is 9.47 Å². The zero-order valence-corrected chi connectivity index (χ0v) is 12.7. The summed E-state index contributed by atoms with van der Waals surface area (Å²) < 4.78 is 12.6. The average Bonchev–Trinajstić information content (AvgIpc) is 3.04. The number of nitrogens with zero attached hydrogens (tertiary/aromatic N) is 2. The van der Waals surface area contributed by atoms with Gasteiger partial charge < -0.3 is 9.47 Å². The third-order valence-corrected chi connectivity index (χ3v) is 3.36. The van der Waals surface area contributed by atoms with Crippen LogP contribution in [0.2, 0.25) is 0 Å². The lowest BCUT2D eigenvalue weighted by atomic mass is 10.2. The number of para-hydroxylation sites is 1. The summed E-state index contributed by atoms with van der Waals surface area (Å²) in [5, 5.41) is 4.24. The molecule has 23 heavy (non-hydrogen) atoms. The lowest BCUT2D eigenvalue weighted by molar-refractivity contribution is 0.111. The first-order valence-corrected chi connectivity index (χ1v) is 7.16. The van der Waals surface area contributed by atoms with Crippen LogP contribution in [0.25, 0.3) is 5.69 Å². The van der Waals surface area contributed by atoms with Crippen molar-refractivity contribution < 1.29 is 14.3 Å². The van der Waals surface area contributed by atoms with Crippen molar-refractivity contribution in [3.63, 3.8) is 0 Å². The molecule has 0 unspecified atom stereocenters. The maximum absolute atomic E-state index is 11.0. The van der Waals surface area contributed by atoms with Gasteiger partial charge in [0, 0.05) is 6.07 Å². The molecule has 0 radical (unpaired) electrons. The van der Waals surface area contributed by atoms with Crippen LogP contribution in [-0.4, -0.2) is 23.2 Å². The van der Waals surface area contributed by atoms with Gasteiger partial charge in [-0.25, -0.2) is 4.68 Å². The van der Waals surface area contributed by atoms with Crippen LogP contribution in [0.3, 0.4) is 0 Å².